The monoisotopic (exact) mass is 339 g/mol. The SMILES string of the molecule is CN(C)CCN1CCOC[C@]2(C1)CN(Cc1ccsc1)CCO2. The first-order valence-corrected chi connectivity index (χ1v) is 9.42. The number of nitrogens with zero attached hydrogens (tertiary/aromatic N) is 3. The van der Waals surface area contributed by atoms with E-state index in [1.807, 2.05) is 0 Å². The van der Waals surface area contributed by atoms with Crippen LogP contribution in [0.5, 0.6) is 0 Å². The molecule has 2 aliphatic heterocycles. The Balaban J connectivity index is 1.61. The van der Waals surface area contributed by atoms with Crippen molar-refractivity contribution in [3.8, 4) is 0 Å². The van der Waals surface area contributed by atoms with Gasteiger partial charge in [-0.25, -0.2) is 0 Å². The lowest BCUT2D eigenvalue weighted by atomic mass is 10.0. The number of thiophene rings is 1. The van der Waals surface area contributed by atoms with Gasteiger partial charge in [-0.05, 0) is 36.5 Å². The van der Waals surface area contributed by atoms with Crippen LogP contribution < -0.4 is 0 Å². The molecule has 2 saturated heterocycles. The fourth-order valence-electron chi connectivity index (χ4n) is 3.40. The Kier molecular flexibility index (Phi) is 6.07. The fourth-order valence-corrected chi connectivity index (χ4v) is 4.06. The summed E-state index contributed by atoms with van der Waals surface area (Å²) in [7, 11) is 4.26. The molecule has 0 aromatic carbocycles. The second-order valence-corrected chi connectivity index (χ2v) is 7.79. The molecule has 1 aromatic rings. The first-order chi connectivity index (χ1) is 11.2. The summed E-state index contributed by atoms with van der Waals surface area (Å²) in [5.41, 5.74) is 1.24. The number of morpholine rings is 1. The van der Waals surface area contributed by atoms with E-state index in [2.05, 4.69) is 45.6 Å². The molecule has 0 saturated carbocycles. The van der Waals surface area contributed by atoms with Crippen molar-refractivity contribution in [3.05, 3.63) is 22.4 Å². The van der Waals surface area contributed by atoms with Gasteiger partial charge >= 0.3 is 0 Å². The van der Waals surface area contributed by atoms with Crippen LogP contribution >= 0.6 is 11.3 Å². The van der Waals surface area contributed by atoms with Gasteiger partial charge in [-0.1, -0.05) is 0 Å². The lowest BCUT2D eigenvalue weighted by Gasteiger charge is -2.43. The zero-order chi connectivity index (χ0) is 16.1. The molecule has 1 spiro atoms. The van der Waals surface area contributed by atoms with Crippen LogP contribution in [0, 0.1) is 0 Å². The summed E-state index contributed by atoms with van der Waals surface area (Å²) in [6, 6.07) is 2.22. The fraction of sp³-hybridized carbons (Fsp3) is 0.765. The highest BCUT2D eigenvalue weighted by Gasteiger charge is 2.40. The molecule has 0 unspecified atom stereocenters. The van der Waals surface area contributed by atoms with Crippen LogP contribution in [0.25, 0.3) is 0 Å². The van der Waals surface area contributed by atoms with Crippen LogP contribution in [-0.2, 0) is 16.0 Å². The van der Waals surface area contributed by atoms with E-state index in [0.717, 1.165) is 59.0 Å². The third-order valence-electron chi connectivity index (χ3n) is 4.61. The minimum Gasteiger partial charge on any atom is -0.377 e. The Morgan fingerprint density at radius 2 is 2.04 bits per heavy atom. The molecule has 6 heteroatoms. The first kappa shape index (κ1) is 17.3. The normalized spacial score (nSPS) is 27.6. The molecule has 0 aliphatic carbocycles. The maximum Gasteiger partial charge on any atom is 0.117 e. The number of hydrogen-bond donors (Lipinski definition) is 0. The molecule has 2 aliphatic rings. The molecule has 2 fully saturated rings. The molecule has 1 aromatic heterocycles. The van der Waals surface area contributed by atoms with Crippen molar-refractivity contribution in [3.63, 3.8) is 0 Å². The molecule has 0 radical (unpaired) electrons. The molecule has 0 amide bonds. The minimum atomic E-state index is -0.170. The molecule has 23 heavy (non-hydrogen) atoms. The van der Waals surface area contributed by atoms with Gasteiger partial charge in [0.15, 0.2) is 0 Å². The molecular formula is C17H29N3O2S. The summed E-state index contributed by atoms with van der Waals surface area (Å²) in [5.74, 6) is 0. The summed E-state index contributed by atoms with van der Waals surface area (Å²) in [6.45, 7) is 9.44. The molecule has 0 bridgehead atoms. The summed E-state index contributed by atoms with van der Waals surface area (Å²) >= 11 is 1.77. The average molecular weight is 340 g/mol. The Morgan fingerprint density at radius 1 is 1.22 bits per heavy atom. The Bertz CT molecular complexity index is 468. The topological polar surface area (TPSA) is 28.2 Å². The van der Waals surface area contributed by atoms with Crippen molar-refractivity contribution in [1.29, 1.82) is 0 Å². The van der Waals surface area contributed by atoms with Crippen molar-refractivity contribution in [2.45, 2.75) is 12.1 Å². The summed E-state index contributed by atoms with van der Waals surface area (Å²) in [6.07, 6.45) is 0. The van der Waals surface area contributed by atoms with Crippen molar-refractivity contribution in [1.82, 2.24) is 14.7 Å². The van der Waals surface area contributed by atoms with E-state index >= 15 is 0 Å². The molecule has 3 heterocycles. The number of rotatable bonds is 5. The Morgan fingerprint density at radius 3 is 2.83 bits per heavy atom. The van der Waals surface area contributed by atoms with Gasteiger partial charge in [0.05, 0.1) is 19.8 Å². The average Bonchev–Trinajstić information content (AvgIpc) is 2.94. The van der Waals surface area contributed by atoms with Crippen LogP contribution in [0.2, 0.25) is 0 Å². The first-order valence-electron chi connectivity index (χ1n) is 8.47. The quantitative estimate of drug-likeness (QED) is 0.804. The maximum absolute atomic E-state index is 6.25. The predicted octanol–water partition coefficient (Wildman–Crippen LogP) is 1.21. The van der Waals surface area contributed by atoms with Gasteiger partial charge in [0.2, 0.25) is 0 Å². The van der Waals surface area contributed by atoms with Crippen molar-refractivity contribution >= 4 is 11.3 Å². The third kappa shape index (κ3) is 4.98. The number of likely N-dealkylation sites (N-methyl/N-ethyl adjacent to an activating group) is 1. The van der Waals surface area contributed by atoms with E-state index in [1.54, 1.807) is 11.3 Å². The molecular weight excluding hydrogens is 310 g/mol. The summed E-state index contributed by atoms with van der Waals surface area (Å²) in [5, 5.41) is 4.40. The summed E-state index contributed by atoms with van der Waals surface area (Å²) in [4.78, 5) is 7.26. The van der Waals surface area contributed by atoms with Gasteiger partial charge < -0.3 is 14.4 Å². The van der Waals surface area contributed by atoms with Gasteiger partial charge in [-0.15, -0.1) is 0 Å². The van der Waals surface area contributed by atoms with Gasteiger partial charge in [-0.2, -0.15) is 11.3 Å². The van der Waals surface area contributed by atoms with Gasteiger partial charge in [0.25, 0.3) is 0 Å². The second kappa shape index (κ2) is 8.05. The third-order valence-corrected chi connectivity index (χ3v) is 5.34. The van der Waals surface area contributed by atoms with Gasteiger partial charge in [-0.3, -0.25) is 9.80 Å². The zero-order valence-electron chi connectivity index (χ0n) is 14.4. The molecule has 130 valence electrons. The second-order valence-electron chi connectivity index (χ2n) is 7.01. The van der Waals surface area contributed by atoms with Crippen LogP contribution in [0.4, 0.5) is 0 Å². The number of ether oxygens (including phenoxy) is 2. The van der Waals surface area contributed by atoms with Crippen LogP contribution in [0.15, 0.2) is 16.8 Å². The highest BCUT2D eigenvalue weighted by atomic mass is 32.1. The molecule has 0 N–H and O–H groups in total. The van der Waals surface area contributed by atoms with Crippen LogP contribution in [0.1, 0.15) is 5.56 Å². The highest BCUT2D eigenvalue weighted by molar-refractivity contribution is 7.07. The molecule has 3 rings (SSSR count). The molecule has 5 nitrogen and oxygen atoms in total. The van der Waals surface area contributed by atoms with E-state index in [9.17, 15) is 0 Å². The van der Waals surface area contributed by atoms with E-state index in [1.165, 1.54) is 5.56 Å². The Labute approximate surface area is 143 Å². The maximum atomic E-state index is 6.25. The Hall–Kier alpha value is -0.500. The molecule has 1 atom stereocenters. The smallest absolute Gasteiger partial charge is 0.117 e. The van der Waals surface area contributed by atoms with Gasteiger partial charge in [0, 0.05) is 45.8 Å². The van der Waals surface area contributed by atoms with Gasteiger partial charge in [0.1, 0.15) is 5.60 Å². The number of hydrogen-bond acceptors (Lipinski definition) is 6. The van der Waals surface area contributed by atoms with Crippen LogP contribution in [-0.4, -0.2) is 93.5 Å². The highest BCUT2D eigenvalue weighted by Crippen LogP contribution is 2.24. The minimum absolute atomic E-state index is 0.170. The predicted molar refractivity (Wildman–Crippen MR) is 94.1 cm³/mol. The van der Waals surface area contributed by atoms with Crippen molar-refractivity contribution in [2.24, 2.45) is 0 Å². The van der Waals surface area contributed by atoms with E-state index in [0.29, 0.717) is 6.61 Å². The lowest BCUT2D eigenvalue weighted by molar-refractivity contribution is -0.143. The zero-order valence-corrected chi connectivity index (χ0v) is 15.2. The van der Waals surface area contributed by atoms with Crippen LogP contribution in [0.3, 0.4) is 0 Å². The van der Waals surface area contributed by atoms with E-state index in [-0.39, 0.29) is 5.60 Å². The van der Waals surface area contributed by atoms with E-state index < -0.39 is 0 Å². The van der Waals surface area contributed by atoms with E-state index in [4.69, 9.17) is 9.47 Å². The summed E-state index contributed by atoms with van der Waals surface area (Å²) < 4.78 is 12.2. The lowest BCUT2D eigenvalue weighted by Crippen LogP contribution is -2.58. The van der Waals surface area contributed by atoms with Crippen molar-refractivity contribution < 1.29 is 9.47 Å². The largest absolute Gasteiger partial charge is 0.377 e. The standard InChI is InChI=1S/C17H29N3O2S/c1-18(2)4-5-19-6-8-21-15-17(13-19)14-20(7-9-22-17)11-16-3-10-23-12-16/h3,10,12H,4-9,11,13-15H2,1-2H3/t17-/m0/s1. The van der Waals surface area contributed by atoms with Crippen molar-refractivity contribution in [2.75, 3.05) is 73.2 Å².